The number of carbonyl (C=O) groups excluding carboxylic acids is 2. The average Bonchev–Trinajstić information content (AvgIpc) is 2.23. The number of nitrogens with zero attached hydrogens (tertiary/aromatic N) is 1. The molecule has 0 spiro atoms. The third-order valence-electron chi connectivity index (χ3n) is 2.99. The van der Waals surface area contributed by atoms with E-state index in [0.29, 0.717) is 12.3 Å². The molecule has 1 rings (SSSR count). The van der Waals surface area contributed by atoms with Crippen molar-refractivity contribution in [3.63, 3.8) is 0 Å². The average molecular weight is 226 g/mol. The van der Waals surface area contributed by atoms with Gasteiger partial charge in [0.25, 0.3) is 0 Å². The van der Waals surface area contributed by atoms with Gasteiger partial charge in [0.05, 0.1) is 0 Å². The lowest BCUT2D eigenvalue weighted by atomic mass is 10.1. The Morgan fingerprint density at radius 3 is 2.56 bits per heavy atom. The quantitative estimate of drug-likeness (QED) is 0.785. The van der Waals surface area contributed by atoms with E-state index in [1.807, 2.05) is 11.8 Å². The summed E-state index contributed by atoms with van der Waals surface area (Å²) in [6.45, 7) is 8.72. The van der Waals surface area contributed by atoms with E-state index >= 15 is 0 Å². The van der Waals surface area contributed by atoms with Crippen LogP contribution in [-0.4, -0.2) is 35.3 Å². The lowest BCUT2D eigenvalue weighted by molar-refractivity contribution is -0.134. The van der Waals surface area contributed by atoms with Crippen molar-refractivity contribution >= 4 is 11.8 Å². The topological polar surface area (TPSA) is 49.4 Å². The lowest BCUT2D eigenvalue weighted by Gasteiger charge is -2.28. The summed E-state index contributed by atoms with van der Waals surface area (Å²) in [5.74, 6) is 0.585. The molecule has 2 amide bonds. The first-order valence-electron chi connectivity index (χ1n) is 6.01. The molecule has 1 aliphatic rings. The fraction of sp³-hybridized carbons (Fsp3) is 0.833. The van der Waals surface area contributed by atoms with E-state index in [4.69, 9.17) is 0 Å². The van der Waals surface area contributed by atoms with Gasteiger partial charge in [-0.1, -0.05) is 13.8 Å². The highest BCUT2D eigenvalue weighted by atomic mass is 16.2. The number of amides is 2. The summed E-state index contributed by atoms with van der Waals surface area (Å²) < 4.78 is 0. The van der Waals surface area contributed by atoms with Crippen LogP contribution >= 0.6 is 0 Å². The van der Waals surface area contributed by atoms with E-state index in [1.165, 1.54) is 0 Å². The van der Waals surface area contributed by atoms with Crippen molar-refractivity contribution in [2.45, 2.75) is 52.6 Å². The predicted molar refractivity (Wildman–Crippen MR) is 62.9 cm³/mol. The second kappa shape index (κ2) is 5.32. The minimum absolute atomic E-state index is 0.0104. The van der Waals surface area contributed by atoms with Crippen LogP contribution < -0.4 is 5.32 Å². The van der Waals surface area contributed by atoms with Gasteiger partial charge in [-0.15, -0.1) is 0 Å². The number of carbonyl (C=O) groups is 2. The fourth-order valence-corrected chi connectivity index (χ4v) is 1.93. The Kier molecular flexibility index (Phi) is 4.33. The van der Waals surface area contributed by atoms with Gasteiger partial charge in [-0.3, -0.25) is 9.59 Å². The summed E-state index contributed by atoms with van der Waals surface area (Å²) in [5.41, 5.74) is 0. The minimum Gasteiger partial charge on any atom is -0.345 e. The highest BCUT2D eigenvalue weighted by Gasteiger charge is 2.30. The molecule has 4 heteroatoms. The molecule has 1 N–H and O–H groups in total. The van der Waals surface area contributed by atoms with Crippen LogP contribution in [0.2, 0.25) is 0 Å². The van der Waals surface area contributed by atoms with Crippen LogP contribution in [0.4, 0.5) is 0 Å². The molecule has 0 radical (unpaired) electrons. The van der Waals surface area contributed by atoms with E-state index in [1.54, 1.807) is 6.92 Å². The number of nitrogens with one attached hydrogen (secondary N) is 1. The van der Waals surface area contributed by atoms with Gasteiger partial charge in [-0.05, 0) is 26.2 Å². The first-order chi connectivity index (χ1) is 7.41. The van der Waals surface area contributed by atoms with Crippen molar-refractivity contribution in [2.24, 2.45) is 5.92 Å². The maximum atomic E-state index is 12.0. The monoisotopic (exact) mass is 226 g/mol. The maximum Gasteiger partial charge on any atom is 0.245 e. The van der Waals surface area contributed by atoms with Gasteiger partial charge < -0.3 is 10.2 Å². The molecule has 0 aliphatic carbocycles. The molecule has 1 heterocycles. The minimum atomic E-state index is -0.385. The second-order valence-electron chi connectivity index (χ2n) is 5.06. The molecule has 1 fully saturated rings. The normalized spacial score (nSPS) is 26.9. The zero-order valence-corrected chi connectivity index (χ0v) is 10.6. The molecule has 2 atom stereocenters. The Hall–Kier alpha value is -1.06. The smallest absolute Gasteiger partial charge is 0.245 e. The van der Waals surface area contributed by atoms with Gasteiger partial charge in [0.1, 0.15) is 6.04 Å². The van der Waals surface area contributed by atoms with Gasteiger partial charge in [-0.2, -0.15) is 0 Å². The molecule has 0 bridgehead atoms. The first-order valence-corrected chi connectivity index (χ1v) is 6.01. The second-order valence-corrected chi connectivity index (χ2v) is 5.06. The summed E-state index contributed by atoms with van der Waals surface area (Å²) in [6.07, 6.45) is 1.39. The summed E-state index contributed by atoms with van der Waals surface area (Å²) in [6, 6.07) is -0.374. The lowest BCUT2D eigenvalue weighted by Crippen LogP contribution is -2.45. The summed E-state index contributed by atoms with van der Waals surface area (Å²) in [5, 5.41) is 2.71. The zero-order valence-electron chi connectivity index (χ0n) is 10.6. The van der Waals surface area contributed by atoms with Gasteiger partial charge in [0.15, 0.2) is 0 Å². The highest BCUT2D eigenvalue weighted by Crippen LogP contribution is 2.13. The molecule has 0 aromatic carbocycles. The van der Waals surface area contributed by atoms with Crippen LogP contribution in [0.3, 0.4) is 0 Å². The van der Waals surface area contributed by atoms with Crippen molar-refractivity contribution < 1.29 is 9.59 Å². The third-order valence-corrected chi connectivity index (χ3v) is 2.99. The molecule has 92 valence electrons. The summed E-state index contributed by atoms with van der Waals surface area (Å²) >= 11 is 0. The van der Waals surface area contributed by atoms with E-state index in [2.05, 4.69) is 19.2 Å². The van der Waals surface area contributed by atoms with Crippen LogP contribution in [0.5, 0.6) is 0 Å². The van der Waals surface area contributed by atoms with Crippen LogP contribution in [0.15, 0.2) is 0 Å². The van der Waals surface area contributed by atoms with Gasteiger partial charge in [0, 0.05) is 19.0 Å². The van der Waals surface area contributed by atoms with Gasteiger partial charge >= 0.3 is 0 Å². The van der Waals surface area contributed by atoms with Crippen LogP contribution in [0.25, 0.3) is 0 Å². The maximum absolute atomic E-state index is 12.0. The number of hydrogen-bond donors (Lipinski definition) is 1. The van der Waals surface area contributed by atoms with Crippen LogP contribution in [0, 0.1) is 5.92 Å². The molecule has 0 aromatic rings. The van der Waals surface area contributed by atoms with E-state index < -0.39 is 0 Å². The van der Waals surface area contributed by atoms with Crippen LogP contribution in [0.1, 0.15) is 40.5 Å². The Bertz CT molecular complexity index is 276. The Morgan fingerprint density at radius 2 is 2.00 bits per heavy atom. The molecular formula is C12H22N2O2. The Morgan fingerprint density at radius 1 is 1.38 bits per heavy atom. The van der Waals surface area contributed by atoms with Crippen molar-refractivity contribution in [2.75, 3.05) is 6.54 Å². The molecule has 0 aromatic heterocycles. The van der Waals surface area contributed by atoms with Crippen molar-refractivity contribution in [3.05, 3.63) is 0 Å². The highest BCUT2D eigenvalue weighted by molar-refractivity contribution is 5.90. The standard InChI is InChI=1S/C12H22N2O2/c1-8(2)5-6-14-9(3)7-11(15)13-10(4)12(14)16/h8-10H,5-7H2,1-4H3,(H,13,15). The molecule has 16 heavy (non-hydrogen) atoms. The van der Waals surface area contributed by atoms with E-state index in [0.717, 1.165) is 13.0 Å². The summed E-state index contributed by atoms with van der Waals surface area (Å²) in [4.78, 5) is 25.3. The van der Waals surface area contributed by atoms with Crippen LogP contribution in [-0.2, 0) is 9.59 Å². The molecule has 1 aliphatic heterocycles. The third kappa shape index (κ3) is 3.22. The van der Waals surface area contributed by atoms with Gasteiger partial charge in [-0.25, -0.2) is 0 Å². The Balaban J connectivity index is 2.70. The van der Waals surface area contributed by atoms with Gasteiger partial charge in [0.2, 0.25) is 11.8 Å². The SMILES string of the molecule is CC(C)CCN1C(=O)C(C)NC(=O)CC1C. The van der Waals surface area contributed by atoms with Crippen molar-refractivity contribution in [1.29, 1.82) is 0 Å². The predicted octanol–water partition coefficient (Wildman–Crippen LogP) is 1.16. The zero-order chi connectivity index (χ0) is 12.3. The van der Waals surface area contributed by atoms with Crippen molar-refractivity contribution in [3.8, 4) is 0 Å². The molecule has 2 unspecified atom stereocenters. The van der Waals surface area contributed by atoms with E-state index in [9.17, 15) is 9.59 Å². The largest absolute Gasteiger partial charge is 0.345 e. The Labute approximate surface area is 97.4 Å². The summed E-state index contributed by atoms with van der Waals surface area (Å²) in [7, 11) is 0. The number of hydrogen-bond acceptors (Lipinski definition) is 2. The molecular weight excluding hydrogens is 204 g/mol. The number of rotatable bonds is 3. The first kappa shape index (κ1) is 13.0. The van der Waals surface area contributed by atoms with Crippen molar-refractivity contribution in [1.82, 2.24) is 10.2 Å². The van der Waals surface area contributed by atoms with E-state index in [-0.39, 0.29) is 23.9 Å². The molecule has 1 saturated heterocycles. The molecule has 4 nitrogen and oxygen atoms in total. The fourth-order valence-electron chi connectivity index (χ4n) is 1.93. The molecule has 0 saturated carbocycles.